The minimum absolute atomic E-state index is 0.166. The Morgan fingerprint density at radius 3 is 2.61 bits per heavy atom. The molecule has 2 aromatic heterocycles. The average molecular weight is 453 g/mol. The van der Waals surface area contributed by atoms with Gasteiger partial charge in [-0.3, -0.25) is 4.79 Å². The minimum Gasteiger partial charge on any atom is -0.382 e. The summed E-state index contributed by atoms with van der Waals surface area (Å²) >= 11 is 0. The second-order valence-electron chi connectivity index (χ2n) is 7.78. The van der Waals surface area contributed by atoms with Crippen LogP contribution < -0.4 is 11.1 Å². The number of hydrogen-bond acceptors (Lipinski definition) is 4. The quantitative estimate of drug-likeness (QED) is 0.434. The van der Waals surface area contributed by atoms with E-state index in [0.29, 0.717) is 17.7 Å². The summed E-state index contributed by atoms with van der Waals surface area (Å²) in [4.78, 5) is 16.4. The molecule has 1 amide bonds. The molecule has 0 radical (unpaired) electrons. The molecule has 33 heavy (non-hydrogen) atoms. The molecular weight excluding hydrogens is 431 g/mol. The third-order valence-electron chi connectivity index (χ3n) is 5.54. The average Bonchev–Trinajstić information content (AvgIpc) is 3.21. The number of nitrogen functional groups attached to an aromatic ring is 1. The van der Waals surface area contributed by atoms with Crippen molar-refractivity contribution >= 4 is 17.2 Å². The van der Waals surface area contributed by atoms with Gasteiger partial charge in [-0.05, 0) is 36.1 Å². The fourth-order valence-electron chi connectivity index (χ4n) is 3.76. The van der Waals surface area contributed by atoms with Gasteiger partial charge in [0, 0.05) is 17.7 Å². The summed E-state index contributed by atoms with van der Waals surface area (Å²) < 4.78 is 41.8. The summed E-state index contributed by atoms with van der Waals surface area (Å²) in [6.07, 6.45) is -2.78. The van der Waals surface area contributed by atoms with Crippen LogP contribution in [0, 0.1) is 0 Å². The van der Waals surface area contributed by atoms with E-state index in [0.717, 1.165) is 23.3 Å². The molecule has 2 heterocycles. The molecule has 0 bridgehead atoms. The molecule has 3 N–H and O–H groups in total. The van der Waals surface area contributed by atoms with Crippen molar-refractivity contribution in [3.8, 4) is 11.3 Å². The number of carbonyl (C=O) groups is 1. The first-order valence-electron chi connectivity index (χ1n) is 10.4. The lowest BCUT2D eigenvalue weighted by Crippen LogP contribution is -2.25. The minimum atomic E-state index is -4.63. The molecule has 0 spiro atoms. The molecule has 0 aliphatic rings. The molecule has 1 atom stereocenters. The highest BCUT2D eigenvalue weighted by atomic mass is 19.4. The van der Waals surface area contributed by atoms with Crippen LogP contribution in [-0.2, 0) is 6.18 Å². The Kier molecular flexibility index (Phi) is 6.04. The Morgan fingerprint density at radius 2 is 1.88 bits per heavy atom. The van der Waals surface area contributed by atoms with Crippen LogP contribution in [0.1, 0.15) is 40.7 Å². The zero-order valence-electron chi connectivity index (χ0n) is 17.8. The zero-order chi connectivity index (χ0) is 23.6. The van der Waals surface area contributed by atoms with Crippen molar-refractivity contribution in [2.75, 3.05) is 12.3 Å². The number of amides is 1. The van der Waals surface area contributed by atoms with E-state index in [-0.39, 0.29) is 28.9 Å². The topological polar surface area (TPSA) is 85.3 Å². The van der Waals surface area contributed by atoms with Crippen LogP contribution in [0.3, 0.4) is 0 Å². The largest absolute Gasteiger partial charge is 0.418 e. The maximum atomic E-state index is 13.6. The van der Waals surface area contributed by atoms with E-state index in [1.54, 1.807) is 18.2 Å². The number of carbonyl (C=O) groups excluding carboxylic acids is 1. The SMILES string of the molecule is CC(CCNC(=O)c1cccc(-c2cc(C(F)(F)F)c3c(N)ncnn23)c1)c1ccccc1. The lowest BCUT2D eigenvalue weighted by Gasteiger charge is -2.12. The third-order valence-corrected chi connectivity index (χ3v) is 5.54. The monoisotopic (exact) mass is 453 g/mol. The van der Waals surface area contributed by atoms with Gasteiger partial charge in [0.1, 0.15) is 11.8 Å². The molecule has 0 saturated carbocycles. The van der Waals surface area contributed by atoms with Crippen molar-refractivity contribution in [3.05, 3.63) is 83.7 Å². The summed E-state index contributed by atoms with van der Waals surface area (Å²) in [5, 5.41) is 6.83. The van der Waals surface area contributed by atoms with Gasteiger partial charge in [-0.25, -0.2) is 9.50 Å². The molecule has 2 aromatic carbocycles. The number of nitrogens with two attached hydrogens (primary N) is 1. The van der Waals surface area contributed by atoms with Crippen LogP contribution in [0.25, 0.3) is 16.8 Å². The number of nitrogens with one attached hydrogen (secondary N) is 1. The Hall–Kier alpha value is -3.88. The van der Waals surface area contributed by atoms with Crippen LogP contribution >= 0.6 is 0 Å². The first-order chi connectivity index (χ1) is 15.8. The predicted octanol–water partition coefficient (Wildman–Crippen LogP) is 4.92. The first-order valence-corrected chi connectivity index (χ1v) is 10.4. The van der Waals surface area contributed by atoms with E-state index in [9.17, 15) is 18.0 Å². The van der Waals surface area contributed by atoms with Crippen molar-refractivity contribution in [2.45, 2.75) is 25.4 Å². The van der Waals surface area contributed by atoms with E-state index in [1.807, 2.05) is 30.3 Å². The Labute approximate surface area is 188 Å². The molecular formula is C24H22F3N5O. The highest BCUT2D eigenvalue weighted by molar-refractivity contribution is 5.95. The maximum Gasteiger partial charge on any atom is 0.418 e. The molecule has 0 aliphatic carbocycles. The zero-order valence-corrected chi connectivity index (χ0v) is 17.8. The first kappa shape index (κ1) is 22.3. The fraction of sp³-hybridized carbons (Fsp3) is 0.208. The molecule has 1 unspecified atom stereocenters. The van der Waals surface area contributed by atoms with E-state index in [4.69, 9.17) is 5.73 Å². The highest BCUT2D eigenvalue weighted by Crippen LogP contribution is 2.38. The number of benzene rings is 2. The second-order valence-corrected chi connectivity index (χ2v) is 7.78. The van der Waals surface area contributed by atoms with Crippen LogP contribution in [0.5, 0.6) is 0 Å². The predicted molar refractivity (Wildman–Crippen MR) is 120 cm³/mol. The Morgan fingerprint density at radius 1 is 1.12 bits per heavy atom. The van der Waals surface area contributed by atoms with Gasteiger partial charge in [0.2, 0.25) is 0 Å². The van der Waals surface area contributed by atoms with E-state index in [1.165, 1.54) is 11.6 Å². The van der Waals surface area contributed by atoms with Gasteiger partial charge in [-0.15, -0.1) is 0 Å². The summed E-state index contributed by atoms with van der Waals surface area (Å²) in [5.41, 5.74) is 6.56. The van der Waals surface area contributed by atoms with E-state index in [2.05, 4.69) is 22.3 Å². The number of halogens is 3. The van der Waals surface area contributed by atoms with Gasteiger partial charge >= 0.3 is 6.18 Å². The van der Waals surface area contributed by atoms with Gasteiger partial charge in [0.25, 0.3) is 5.91 Å². The van der Waals surface area contributed by atoms with Crippen molar-refractivity contribution < 1.29 is 18.0 Å². The Bertz CT molecular complexity index is 1280. The second kappa shape index (κ2) is 8.93. The van der Waals surface area contributed by atoms with Crippen molar-refractivity contribution in [2.24, 2.45) is 0 Å². The van der Waals surface area contributed by atoms with Crippen LogP contribution in [0.4, 0.5) is 19.0 Å². The number of fused-ring (bicyclic) bond motifs is 1. The molecule has 0 saturated heterocycles. The van der Waals surface area contributed by atoms with Crippen LogP contribution in [-0.4, -0.2) is 27.0 Å². The number of alkyl halides is 3. The molecule has 4 rings (SSSR count). The summed E-state index contributed by atoms with van der Waals surface area (Å²) in [7, 11) is 0. The summed E-state index contributed by atoms with van der Waals surface area (Å²) in [6.45, 7) is 2.56. The molecule has 6 nitrogen and oxygen atoms in total. The van der Waals surface area contributed by atoms with Gasteiger partial charge in [0.05, 0.1) is 11.3 Å². The lowest BCUT2D eigenvalue weighted by atomic mass is 9.98. The molecule has 0 fully saturated rings. The van der Waals surface area contributed by atoms with Crippen LogP contribution in [0.2, 0.25) is 0 Å². The third kappa shape index (κ3) is 4.67. The fourth-order valence-corrected chi connectivity index (χ4v) is 3.76. The number of nitrogens with zero attached hydrogens (tertiary/aromatic N) is 3. The molecule has 4 aromatic rings. The van der Waals surface area contributed by atoms with Gasteiger partial charge in [0.15, 0.2) is 5.82 Å². The van der Waals surface area contributed by atoms with Crippen molar-refractivity contribution in [1.82, 2.24) is 19.9 Å². The Balaban J connectivity index is 1.55. The number of anilines is 1. The maximum absolute atomic E-state index is 13.6. The van der Waals surface area contributed by atoms with Crippen molar-refractivity contribution in [3.63, 3.8) is 0 Å². The molecule has 170 valence electrons. The van der Waals surface area contributed by atoms with Gasteiger partial charge in [-0.1, -0.05) is 49.4 Å². The lowest BCUT2D eigenvalue weighted by molar-refractivity contribution is -0.136. The van der Waals surface area contributed by atoms with Crippen LogP contribution in [0.15, 0.2) is 67.0 Å². The normalized spacial score (nSPS) is 12.6. The smallest absolute Gasteiger partial charge is 0.382 e. The molecule has 0 aliphatic heterocycles. The standard InChI is InChI=1S/C24H22F3N5O/c1-15(16-6-3-2-4-7-16)10-11-29-23(33)18-9-5-8-17(12-18)20-13-19(24(25,26)27)21-22(28)30-14-31-32(20)21/h2-9,12-15H,10-11H2,1H3,(H,29,33)(H2,28,30,31). The molecule has 9 heteroatoms. The number of aromatic nitrogens is 3. The summed E-state index contributed by atoms with van der Waals surface area (Å²) in [5.74, 6) is -0.302. The van der Waals surface area contributed by atoms with Gasteiger partial charge in [-0.2, -0.15) is 18.3 Å². The van der Waals surface area contributed by atoms with Crippen molar-refractivity contribution in [1.29, 1.82) is 0 Å². The number of hydrogen-bond donors (Lipinski definition) is 2. The van der Waals surface area contributed by atoms with E-state index >= 15 is 0 Å². The van der Waals surface area contributed by atoms with Gasteiger partial charge < -0.3 is 11.1 Å². The number of rotatable bonds is 6. The summed E-state index contributed by atoms with van der Waals surface area (Å²) in [6, 6.07) is 17.4. The van der Waals surface area contributed by atoms with E-state index < -0.39 is 11.7 Å². The highest BCUT2D eigenvalue weighted by Gasteiger charge is 2.36.